The third-order valence-corrected chi connectivity index (χ3v) is 3.95. The summed E-state index contributed by atoms with van der Waals surface area (Å²) in [7, 11) is 0. The van der Waals surface area contributed by atoms with Crippen LogP contribution >= 0.6 is 0 Å². The molecule has 1 atom stereocenters. The second kappa shape index (κ2) is 8.25. The van der Waals surface area contributed by atoms with Gasteiger partial charge in [-0.3, -0.25) is 4.90 Å². The maximum absolute atomic E-state index is 9.37. The van der Waals surface area contributed by atoms with Gasteiger partial charge in [-0.15, -0.1) is 0 Å². The van der Waals surface area contributed by atoms with Crippen LogP contribution in [0.2, 0.25) is 0 Å². The number of hydrogen-bond donors (Lipinski definition) is 2. The van der Waals surface area contributed by atoms with Crippen molar-refractivity contribution in [2.45, 2.75) is 38.3 Å². The van der Waals surface area contributed by atoms with Crippen molar-refractivity contribution in [3.05, 3.63) is 29.8 Å². The lowest BCUT2D eigenvalue weighted by Gasteiger charge is -2.34. The molecule has 0 amide bonds. The third-order valence-electron chi connectivity index (χ3n) is 3.95. The number of aliphatic hydroxyl groups is 1. The average Bonchev–Trinajstić information content (AvgIpc) is 2.52. The molecule has 0 bridgehead atoms. The van der Waals surface area contributed by atoms with Gasteiger partial charge in [0.05, 0.1) is 13.2 Å². The number of nitrogens with two attached hydrogens (primary N) is 1. The van der Waals surface area contributed by atoms with Crippen molar-refractivity contribution in [3.63, 3.8) is 0 Å². The van der Waals surface area contributed by atoms with Crippen molar-refractivity contribution in [1.29, 1.82) is 0 Å². The molecule has 1 aliphatic heterocycles. The van der Waals surface area contributed by atoms with Crippen molar-refractivity contribution in [3.8, 4) is 5.75 Å². The fourth-order valence-electron chi connectivity index (χ4n) is 2.78. The average molecular weight is 278 g/mol. The quantitative estimate of drug-likeness (QED) is 0.746. The number of piperidine rings is 1. The van der Waals surface area contributed by atoms with Crippen LogP contribution in [-0.2, 0) is 6.54 Å². The fraction of sp³-hybridized carbons (Fsp3) is 0.625. The molecule has 1 aromatic rings. The highest BCUT2D eigenvalue weighted by Crippen LogP contribution is 2.17. The molecule has 4 nitrogen and oxygen atoms in total. The molecule has 1 fully saturated rings. The lowest BCUT2D eigenvalue weighted by atomic mass is 10.0. The summed E-state index contributed by atoms with van der Waals surface area (Å²) in [5.74, 6) is 0.894. The normalized spacial score (nSPS) is 20.0. The Labute approximate surface area is 121 Å². The summed E-state index contributed by atoms with van der Waals surface area (Å²) in [4.78, 5) is 2.39. The van der Waals surface area contributed by atoms with Crippen LogP contribution in [0.1, 0.15) is 31.2 Å². The number of hydrogen-bond acceptors (Lipinski definition) is 4. The lowest BCUT2D eigenvalue weighted by molar-refractivity contribution is 0.0851. The number of aliphatic hydroxyl groups excluding tert-OH is 1. The molecular weight excluding hydrogens is 252 g/mol. The van der Waals surface area contributed by atoms with Crippen LogP contribution in [-0.4, -0.2) is 42.4 Å². The van der Waals surface area contributed by atoms with Gasteiger partial charge in [0.1, 0.15) is 5.75 Å². The highest BCUT2D eigenvalue weighted by Gasteiger charge is 2.20. The van der Waals surface area contributed by atoms with Crippen LogP contribution in [0.5, 0.6) is 5.75 Å². The first kappa shape index (κ1) is 15.3. The number of likely N-dealkylation sites (tertiary alicyclic amines) is 1. The van der Waals surface area contributed by atoms with Crippen LogP contribution in [0.15, 0.2) is 24.3 Å². The van der Waals surface area contributed by atoms with Gasteiger partial charge in [0.2, 0.25) is 0 Å². The van der Waals surface area contributed by atoms with E-state index in [0.29, 0.717) is 19.2 Å². The highest BCUT2D eigenvalue weighted by molar-refractivity contribution is 5.28. The van der Waals surface area contributed by atoms with Crippen molar-refractivity contribution < 1.29 is 9.84 Å². The van der Waals surface area contributed by atoms with E-state index < -0.39 is 0 Å². The van der Waals surface area contributed by atoms with Gasteiger partial charge in [-0.1, -0.05) is 18.6 Å². The molecule has 0 aliphatic carbocycles. The van der Waals surface area contributed by atoms with Gasteiger partial charge in [-0.05, 0) is 43.5 Å². The first-order valence-electron chi connectivity index (χ1n) is 7.60. The van der Waals surface area contributed by atoms with E-state index in [2.05, 4.69) is 4.90 Å². The van der Waals surface area contributed by atoms with Gasteiger partial charge in [0.25, 0.3) is 0 Å². The van der Waals surface area contributed by atoms with Crippen molar-refractivity contribution in [1.82, 2.24) is 4.90 Å². The Balaban J connectivity index is 1.70. The predicted octanol–water partition coefficient (Wildman–Crippen LogP) is 1.76. The molecule has 0 aromatic heterocycles. The van der Waals surface area contributed by atoms with Gasteiger partial charge < -0.3 is 15.6 Å². The molecule has 0 radical (unpaired) electrons. The predicted molar refractivity (Wildman–Crippen MR) is 80.7 cm³/mol. The highest BCUT2D eigenvalue weighted by atomic mass is 16.5. The summed E-state index contributed by atoms with van der Waals surface area (Å²) < 4.78 is 5.76. The Hall–Kier alpha value is -1.10. The van der Waals surface area contributed by atoms with Gasteiger partial charge >= 0.3 is 0 Å². The smallest absolute Gasteiger partial charge is 0.119 e. The van der Waals surface area contributed by atoms with E-state index in [-0.39, 0.29) is 6.61 Å². The lowest BCUT2D eigenvalue weighted by Crippen LogP contribution is -2.42. The Morgan fingerprint density at radius 2 is 2.25 bits per heavy atom. The van der Waals surface area contributed by atoms with E-state index in [0.717, 1.165) is 37.2 Å². The number of ether oxygens (including phenoxy) is 1. The summed E-state index contributed by atoms with van der Waals surface area (Å²) in [5.41, 5.74) is 6.71. The van der Waals surface area contributed by atoms with Crippen molar-refractivity contribution in [2.24, 2.45) is 5.73 Å². The molecule has 0 saturated carbocycles. The van der Waals surface area contributed by atoms with E-state index >= 15 is 0 Å². The Morgan fingerprint density at radius 3 is 3.05 bits per heavy atom. The molecule has 1 saturated heterocycles. The summed E-state index contributed by atoms with van der Waals surface area (Å²) >= 11 is 0. The molecule has 4 heteroatoms. The minimum atomic E-state index is 0.277. The van der Waals surface area contributed by atoms with Gasteiger partial charge in [-0.25, -0.2) is 0 Å². The summed E-state index contributed by atoms with van der Waals surface area (Å²) in [5, 5.41) is 9.37. The zero-order chi connectivity index (χ0) is 14.2. The molecule has 20 heavy (non-hydrogen) atoms. The topological polar surface area (TPSA) is 58.7 Å². The molecule has 0 spiro atoms. The molecule has 3 N–H and O–H groups in total. The van der Waals surface area contributed by atoms with E-state index in [1.165, 1.54) is 12.8 Å². The molecule has 1 unspecified atom stereocenters. The third kappa shape index (κ3) is 4.47. The van der Waals surface area contributed by atoms with Crippen LogP contribution in [0.3, 0.4) is 0 Å². The van der Waals surface area contributed by atoms with E-state index in [4.69, 9.17) is 10.5 Å². The van der Waals surface area contributed by atoms with Crippen LogP contribution in [0, 0.1) is 0 Å². The van der Waals surface area contributed by atoms with Crippen molar-refractivity contribution in [2.75, 3.05) is 26.3 Å². The summed E-state index contributed by atoms with van der Waals surface area (Å²) in [6.45, 7) is 3.64. The standard InChI is InChI=1S/C16H26N2O2/c17-12-14-5-3-7-16(11-14)20-10-4-9-18-8-2-1-6-15(18)13-19/h3,5,7,11,15,19H,1-2,4,6,8-10,12-13,17H2. The Kier molecular flexibility index (Phi) is 6.30. The summed E-state index contributed by atoms with van der Waals surface area (Å²) in [6.07, 6.45) is 4.60. The van der Waals surface area contributed by atoms with E-state index in [9.17, 15) is 5.11 Å². The molecule has 1 aliphatic rings. The van der Waals surface area contributed by atoms with Crippen molar-refractivity contribution >= 4 is 0 Å². The minimum Gasteiger partial charge on any atom is -0.494 e. The van der Waals surface area contributed by atoms with Gasteiger partial charge in [-0.2, -0.15) is 0 Å². The largest absolute Gasteiger partial charge is 0.494 e. The Morgan fingerprint density at radius 1 is 1.35 bits per heavy atom. The Bertz CT molecular complexity index is 398. The number of rotatable bonds is 7. The molecule has 112 valence electrons. The van der Waals surface area contributed by atoms with E-state index in [1.54, 1.807) is 0 Å². The van der Waals surface area contributed by atoms with Gasteiger partial charge in [0.15, 0.2) is 0 Å². The van der Waals surface area contributed by atoms with Crippen LogP contribution in [0.4, 0.5) is 0 Å². The SMILES string of the molecule is NCc1cccc(OCCCN2CCCCC2CO)c1. The maximum Gasteiger partial charge on any atom is 0.119 e. The molecule has 1 aromatic carbocycles. The number of benzene rings is 1. The monoisotopic (exact) mass is 278 g/mol. The first-order chi connectivity index (χ1) is 9.83. The van der Waals surface area contributed by atoms with E-state index in [1.807, 2.05) is 24.3 Å². The zero-order valence-electron chi connectivity index (χ0n) is 12.1. The zero-order valence-corrected chi connectivity index (χ0v) is 12.1. The minimum absolute atomic E-state index is 0.277. The second-order valence-electron chi connectivity index (χ2n) is 5.42. The second-order valence-corrected chi connectivity index (χ2v) is 5.42. The summed E-state index contributed by atoms with van der Waals surface area (Å²) in [6, 6.07) is 8.30. The molecular formula is C16H26N2O2. The fourth-order valence-corrected chi connectivity index (χ4v) is 2.78. The van der Waals surface area contributed by atoms with Gasteiger partial charge in [0, 0.05) is 19.1 Å². The van der Waals surface area contributed by atoms with Crippen LogP contribution < -0.4 is 10.5 Å². The number of nitrogens with zero attached hydrogens (tertiary/aromatic N) is 1. The van der Waals surface area contributed by atoms with Crippen LogP contribution in [0.25, 0.3) is 0 Å². The molecule has 1 heterocycles. The first-order valence-corrected chi connectivity index (χ1v) is 7.60. The maximum atomic E-state index is 9.37. The molecule has 2 rings (SSSR count).